The third-order valence-electron chi connectivity index (χ3n) is 2.91. The Hall–Kier alpha value is -1.74. The molecule has 0 aliphatic heterocycles. The fraction of sp³-hybridized carbons (Fsp3) is 0.231. The maximum absolute atomic E-state index is 5.56. The van der Waals surface area contributed by atoms with E-state index in [0.29, 0.717) is 6.54 Å². The lowest BCUT2D eigenvalue weighted by Gasteiger charge is -2.03. The first-order valence-electron chi connectivity index (χ1n) is 5.46. The zero-order valence-corrected chi connectivity index (χ0v) is 8.90. The van der Waals surface area contributed by atoms with Crippen molar-refractivity contribution >= 4 is 21.9 Å². The molecule has 0 saturated heterocycles. The van der Waals surface area contributed by atoms with Gasteiger partial charge in [0.05, 0.1) is 12.5 Å². The summed E-state index contributed by atoms with van der Waals surface area (Å²) >= 11 is 0. The van der Waals surface area contributed by atoms with E-state index < -0.39 is 0 Å². The molecule has 0 amide bonds. The van der Waals surface area contributed by atoms with Gasteiger partial charge in [0.25, 0.3) is 0 Å². The van der Waals surface area contributed by atoms with E-state index in [1.807, 2.05) is 18.2 Å². The third kappa shape index (κ3) is 1.32. The van der Waals surface area contributed by atoms with E-state index in [2.05, 4.69) is 0 Å². The van der Waals surface area contributed by atoms with Crippen LogP contribution in [0.25, 0.3) is 21.9 Å². The second kappa shape index (κ2) is 3.68. The lowest BCUT2D eigenvalue weighted by Crippen LogP contribution is -2.00. The van der Waals surface area contributed by atoms with Gasteiger partial charge in [-0.3, -0.25) is 0 Å². The molecular weight excluding hydrogens is 202 g/mol. The molecule has 16 heavy (non-hydrogen) atoms. The number of hydrogen-bond acceptors (Lipinski definition) is 3. The Morgan fingerprint density at radius 2 is 2.00 bits per heavy atom. The van der Waals surface area contributed by atoms with Gasteiger partial charge in [-0.1, -0.05) is 0 Å². The highest BCUT2D eigenvalue weighted by atomic mass is 16.3. The Bertz CT molecular complexity index is 572. The average molecular weight is 215 g/mol. The Morgan fingerprint density at radius 1 is 1.12 bits per heavy atom. The molecule has 2 N–H and O–H groups in total. The molecule has 3 rings (SSSR count). The average Bonchev–Trinajstić information content (AvgIpc) is 2.91. The van der Waals surface area contributed by atoms with E-state index in [4.69, 9.17) is 14.6 Å². The molecule has 2 heterocycles. The molecule has 0 radical (unpaired) electrons. The summed E-state index contributed by atoms with van der Waals surface area (Å²) in [5.41, 5.74) is 8.64. The van der Waals surface area contributed by atoms with Crippen molar-refractivity contribution in [1.29, 1.82) is 0 Å². The fourth-order valence-electron chi connectivity index (χ4n) is 2.15. The van der Waals surface area contributed by atoms with Crippen molar-refractivity contribution in [2.24, 2.45) is 5.73 Å². The molecule has 0 aliphatic rings. The van der Waals surface area contributed by atoms with Crippen molar-refractivity contribution in [1.82, 2.24) is 0 Å². The minimum Gasteiger partial charge on any atom is -0.464 e. The molecule has 0 fully saturated rings. The lowest BCUT2D eigenvalue weighted by molar-refractivity contribution is 0.607. The minimum absolute atomic E-state index is 0.691. The van der Waals surface area contributed by atoms with Gasteiger partial charge in [0, 0.05) is 16.3 Å². The number of rotatable bonds is 3. The van der Waals surface area contributed by atoms with Gasteiger partial charge in [0.15, 0.2) is 0 Å². The van der Waals surface area contributed by atoms with Gasteiger partial charge < -0.3 is 14.6 Å². The standard InChI is InChI=1S/C13H13NO2/c14-5-1-2-11-10-4-7-15-12(10)8-9-3-6-16-13(9)11/h3-4,6-8H,1-2,5,14H2. The maximum Gasteiger partial charge on any atom is 0.137 e. The van der Waals surface area contributed by atoms with Gasteiger partial charge in [-0.25, -0.2) is 0 Å². The molecule has 3 nitrogen and oxygen atoms in total. The van der Waals surface area contributed by atoms with Crippen LogP contribution in [0.15, 0.2) is 39.6 Å². The van der Waals surface area contributed by atoms with Crippen LogP contribution >= 0.6 is 0 Å². The highest BCUT2D eigenvalue weighted by molar-refractivity contribution is 5.97. The number of hydrogen-bond donors (Lipinski definition) is 1. The van der Waals surface area contributed by atoms with Gasteiger partial charge >= 0.3 is 0 Å². The summed E-state index contributed by atoms with van der Waals surface area (Å²) in [6.45, 7) is 0.691. The van der Waals surface area contributed by atoms with Crippen molar-refractivity contribution in [3.63, 3.8) is 0 Å². The summed E-state index contributed by atoms with van der Waals surface area (Å²) in [4.78, 5) is 0. The summed E-state index contributed by atoms with van der Waals surface area (Å²) in [5, 5.41) is 2.23. The quantitative estimate of drug-likeness (QED) is 0.730. The molecule has 3 aromatic rings. The first-order valence-corrected chi connectivity index (χ1v) is 5.46. The molecule has 82 valence electrons. The van der Waals surface area contributed by atoms with Crippen LogP contribution < -0.4 is 5.73 Å². The molecule has 0 unspecified atom stereocenters. The van der Waals surface area contributed by atoms with Crippen LogP contribution in [-0.2, 0) is 6.42 Å². The van der Waals surface area contributed by atoms with Crippen LogP contribution in [0.4, 0.5) is 0 Å². The summed E-state index contributed by atoms with van der Waals surface area (Å²) in [7, 11) is 0. The number of aryl methyl sites for hydroxylation is 1. The van der Waals surface area contributed by atoms with E-state index >= 15 is 0 Å². The van der Waals surface area contributed by atoms with E-state index in [-0.39, 0.29) is 0 Å². The monoisotopic (exact) mass is 215 g/mol. The Morgan fingerprint density at radius 3 is 2.88 bits per heavy atom. The smallest absolute Gasteiger partial charge is 0.137 e. The molecule has 0 saturated carbocycles. The molecule has 0 aliphatic carbocycles. The molecule has 0 bridgehead atoms. The van der Waals surface area contributed by atoms with Crippen LogP contribution in [0.5, 0.6) is 0 Å². The van der Waals surface area contributed by atoms with Gasteiger partial charge in [-0.05, 0) is 37.6 Å². The first-order chi connectivity index (χ1) is 7.90. The zero-order valence-electron chi connectivity index (χ0n) is 8.90. The van der Waals surface area contributed by atoms with Crippen molar-refractivity contribution in [2.75, 3.05) is 6.54 Å². The van der Waals surface area contributed by atoms with Gasteiger partial charge in [-0.15, -0.1) is 0 Å². The predicted molar refractivity (Wildman–Crippen MR) is 63.4 cm³/mol. The van der Waals surface area contributed by atoms with Crippen LogP contribution in [0, 0.1) is 0 Å². The zero-order chi connectivity index (χ0) is 11.0. The van der Waals surface area contributed by atoms with Crippen LogP contribution in [0.3, 0.4) is 0 Å². The van der Waals surface area contributed by atoms with E-state index in [0.717, 1.165) is 34.8 Å². The number of benzene rings is 1. The highest BCUT2D eigenvalue weighted by Gasteiger charge is 2.11. The normalized spacial score (nSPS) is 11.6. The van der Waals surface area contributed by atoms with Crippen molar-refractivity contribution in [3.05, 3.63) is 36.3 Å². The summed E-state index contributed by atoms with van der Waals surface area (Å²) in [6.07, 6.45) is 5.32. The number of fused-ring (bicyclic) bond motifs is 2. The van der Waals surface area contributed by atoms with Gasteiger partial charge in [-0.2, -0.15) is 0 Å². The molecular formula is C13H13NO2. The topological polar surface area (TPSA) is 52.3 Å². The lowest BCUT2D eigenvalue weighted by atomic mass is 10.0. The van der Waals surface area contributed by atoms with Crippen LogP contribution in [0.2, 0.25) is 0 Å². The number of nitrogens with two attached hydrogens (primary N) is 1. The molecule has 2 aromatic heterocycles. The first kappa shape index (κ1) is 9.48. The Labute approximate surface area is 92.8 Å². The summed E-state index contributed by atoms with van der Waals surface area (Å²) in [6, 6.07) is 5.96. The van der Waals surface area contributed by atoms with Crippen LogP contribution in [-0.4, -0.2) is 6.54 Å². The highest BCUT2D eigenvalue weighted by Crippen LogP contribution is 2.30. The van der Waals surface area contributed by atoms with Crippen molar-refractivity contribution in [3.8, 4) is 0 Å². The SMILES string of the molecule is NCCCc1c2ccoc2cc2ccoc12. The maximum atomic E-state index is 5.56. The third-order valence-corrected chi connectivity index (χ3v) is 2.91. The molecule has 0 atom stereocenters. The van der Waals surface area contributed by atoms with Crippen molar-refractivity contribution in [2.45, 2.75) is 12.8 Å². The summed E-state index contributed by atoms with van der Waals surface area (Å²) in [5.74, 6) is 0. The number of furan rings is 2. The van der Waals surface area contributed by atoms with Gasteiger partial charge in [0.1, 0.15) is 11.2 Å². The van der Waals surface area contributed by atoms with Gasteiger partial charge in [0.2, 0.25) is 0 Å². The minimum atomic E-state index is 0.691. The second-order valence-corrected chi connectivity index (χ2v) is 3.92. The van der Waals surface area contributed by atoms with E-state index in [9.17, 15) is 0 Å². The van der Waals surface area contributed by atoms with Crippen LogP contribution in [0.1, 0.15) is 12.0 Å². The Kier molecular flexibility index (Phi) is 2.18. The van der Waals surface area contributed by atoms with E-state index in [1.165, 1.54) is 5.56 Å². The molecule has 0 spiro atoms. The second-order valence-electron chi connectivity index (χ2n) is 3.92. The van der Waals surface area contributed by atoms with Crippen molar-refractivity contribution < 1.29 is 8.83 Å². The molecule has 3 heteroatoms. The predicted octanol–water partition coefficient (Wildman–Crippen LogP) is 3.07. The fourth-order valence-corrected chi connectivity index (χ4v) is 2.15. The Balaban J connectivity index is 2.29. The van der Waals surface area contributed by atoms with E-state index in [1.54, 1.807) is 12.5 Å². The largest absolute Gasteiger partial charge is 0.464 e. The molecule has 1 aromatic carbocycles. The summed E-state index contributed by atoms with van der Waals surface area (Å²) < 4.78 is 11.0.